The van der Waals surface area contributed by atoms with Crippen molar-refractivity contribution in [2.24, 2.45) is 0 Å². The third kappa shape index (κ3) is 3.61. The molecule has 0 unspecified atom stereocenters. The number of carbonyl (C=O) groups excluding carboxylic acids is 1. The Morgan fingerprint density at radius 3 is 2.58 bits per heavy atom. The van der Waals surface area contributed by atoms with E-state index in [1.54, 1.807) is 12.1 Å². The summed E-state index contributed by atoms with van der Waals surface area (Å²) in [4.78, 5) is 11.8. The molecule has 0 saturated carbocycles. The fourth-order valence-electron chi connectivity index (χ4n) is 1.65. The smallest absolute Gasteiger partial charge is 0.359 e. The first-order valence-electron chi connectivity index (χ1n) is 6.02. The van der Waals surface area contributed by atoms with E-state index in [2.05, 4.69) is 4.74 Å². The van der Waals surface area contributed by atoms with Gasteiger partial charge in [0.2, 0.25) is 0 Å². The molecular formula is C14H14F2O3. The molecular weight excluding hydrogens is 254 g/mol. The van der Waals surface area contributed by atoms with Gasteiger partial charge in [-0.1, -0.05) is 19.1 Å². The Kier molecular flexibility index (Phi) is 3.95. The minimum Gasteiger partial charge on any atom is -0.425 e. The number of aryl methyl sites for hydroxylation is 1. The number of hydrogen-bond donors (Lipinski definition) is 0. The first-order chi connectivity index (χ1) is 9.00. The number of esters is 1. The van der Waals surface area contributed by atoms with E-state index < -0.39 is 25.1 Å². The molecule has 3 nitrogen and oxygen atoms in total. The molecule has 0 radical (unpaired) electrons. The molecule has 1 aliphatic heterocycles. The van der Waals surface area contributed by atoms with Gasteiger partial charge >= 0.3 is 12.1 Å². The van der Waals surface area contributed by atoms with Crippen molar-refractivity contribution >= 4 is 5.97 Å². The second-order valence-corrected chi connectivity index (χ2v) is 4.24. The van der Waals surface area contributed by atoms with Gasteiger partial charge in [-0.05, 0) is 30.2 Å². The molecule has 19 heavy (non-hydrogen) atoms. The zero-order chi connectivity index (χ0) is 13.9. The van der Waals surface area contributed by atoms with Gasteiger partial charge in [0.05, 0.1) is 12.0 Å². The number of alkyl halides is 2. The molecule has 0 aliphatic carbocycles. The van der Waals surface area contributed by atoms with Gasteiger partial charge in [-0.15, -0.1) is 0 Å². The van der Waals surface area contributed by atoms with E-state index in [0.29, 0.717) is 5.56 Å². The molecule has 0 saturated heterocycles. The van der Waals surface area contributed by atoms with E-state index in [1.165, 1.54) is 6.08 Å². The number of rotatable bonds is 3. The van der Waals surface area contributed by atoms with Crippen molar-refractivity contribution in [3.63, 3.8) is 0 Å². The van der Waals surface area contributed by atoms with E-state index in [-0.39, 0.29) is 5.76 Å². The van der Waals surface area contributed by atoms with Crippen molar-refractivity contribution in [2.75, 3.05) is 6.61 Å². The SMILES string of the molecule is CCc1ccc(C(=O)OC2=CCC(F)(F)OC2)cc1. The molecule has 0 bridgehead atoms. The molecule has 1 aromatic carbocycles. The Labute approximate surface area is 109 Å². The quantitative estimate of drug-likeness (QED) is 0.789. The van der Waals surface area contributed by atoms with Crippen molar-refractivity contribution in [2.45, 2.75) is 25.9 Å². The molecule has 0 atom stereocenters. The van der Waals surface area contributed by atoms with Crippen LogP contribution < -0.4 is 0 Å². The summed E-state index contributed by atoms with van der Waals surface area (Å²) < 4.78 is 34.7. The molecule has 1 aromatic rings. The summed E-state index contributed by atoms with van der Waals surface area (Å²) in [6, 6.07) is 6.97. The highest BCUT2D eigenvalue weighted by Gasteiger charge is 2.33. The van der Waals surface area contributed by atoms with Gasteiger partial charge in [0, 0.05) is 0 Å². The number of halogens is 2. The lowest BCUT2D eigenvalue weighted by Gasteiger charge is -2.21. The van der Waals surface area contributed by atoms with Crippen LogP contribution >= 0.6 is 0 Å². The summed E-state index contributed by atoms with van der Waals surface area (Å²) in [6.07, 6.45) is -1.69. The van der Waals surface area contributed by atoms with Crippen LogP contribution in [0.25, 0.3) is 0 Å². The minimum atomic E-state index is -3.17. The maximum absolute atomic E-state index is 12.7. The van der Waals surface area contributed by atoms with Crippen LogP contribution in [0.1, 0.15) is 29.3 Å². The van der Waals surface area contributed by atoms with E-state index >= 15 is 0 Å². The Hall–Kier alpha value is -1.75. The summed E-state index contributed by atoms with van der Waals surface area (Å²) >= 11 is 0. The van der Waals surface area contributed by atoms with E-state index in [1.807, 2.05) is 19.1 Å². The molecule has 1 heterocycles. The average Bonchev–Trinajstić information content (AvgIpc) is 2.41. The van der Waals surface area contributed by atoms with Crippen LogP contribution in [0.4, 0.5) is 8.78 Å². The van der Waals surface area contributed by atoms with Crippen molar-refractivity contribution in [1.29, 1.82) is 0 Å². The molecule has 0 N–H and O–H groups in total. The maximum Gasteiger partial charge on any atom is 0.359 e. The number of carbonyl (C=O) groups is 1. The topological polar surface area (TPSA) is 35.5 Å². The standard InChI is InChI=1S/C14H14F2O3/c1-2-10-3-5-11(6-4-10)13(17)19-12-7-8-14(15,16)18-9-12/h3-7H,2,8-9H2,1H3. The Morgan fingerprint density at radius 1 is 1.37 bits per heavy atom. The fourth-order valence-corrected chi connectivity index (χ4v) is 1.65. The first kappa shape index (κ1) is 13.7. The van der Waals surface area contributed by atoms with Gasteiger partial charge in [-0.2, -0.15) is 8.78 Å². The van der Waals surface area contributed by atoms with Gasteiger partial charge < -0.3 is 9.47 Å². The maximum atomic E-state index is 12.7. The second-order valence-electron chi connectivity index (χ2n) is 4.24. The predicted octanol–water partition coefficient (Wildman–Crippen LogP) is 3.30. The fraction of sp³-hybridized carbons (Fsp3) is 0.357. The third-order valence-corrected chi connectivity index (χ3v) is 2.81. The average molecular weight is 268 g/mol. The predicted molar refractivity (Wildman–Crippen MR) is 64.8 cm³/mol. The number of benzene rings is 1. The van der Waals surface area contributed by atoms with Gasteiger partial charge in [-0.25, -0.2) is 4.79 Å². The molecule has 0 spiro atoms. The van der Waals surface area contributed by atoms with Gasteiger partial charge in [-0.3, -0.25) is 0 Å². The van der Waals surface area contributed by atoms with Crippen LogP contribution in [-0.2, 0) is 15.9 Å². The molecule has 2 rings (SSSR count). The van der Waals surface area contributed by atoms with Crippen molar-refractivity contribution in [1.82, 2.24) is 0 Å². The minimum absolute atomic E-state index is 0.121. The van der Waals surface area contributed by atoms with E-state index in [4.69, 9.17) is 4.74 Å². The van der Waals surface area contributed by atoms with E-state index in [9.17, 15) is 13.6 Å². The second kappa shape index (κ2) is 5.48. The highest BCUT2D eigenvalue weighted by molar-refractivity contribution is 5.90. The highest BCUT2D eigenvalue weighted by Crippen LogP contribution is 2.27. The van der Waals surface area contributed by atoms with Crippen molar-refractivity contribution in [3.05, 3.63) is 47.2 Å². The molecule has 1 aliphatic rings. The largest absolute Gasteiger partial charge is 0.425 e. The highest BCUT2D eigenvalue weighted by atomic mass is 19.3. The lowest BCUT2D eigenvalue weighted by Crippen LogP contribution is -2.26. The Balaban J connectivity index is 1.99. The first-order valence-corrected chi connectivity index (χ1v) is 6.02. The number of ether oxygens (including phenoxy) is 2. The molecule has 102 valence electrons. The van der Waals surface area contributed by atoms with Crippen LogP contribution in [0.3, 0.4) is 0 Å². The monoisotopic (exact) mass is 268 g/mol. The Morgan fingerprint density at radius 2 is 2.05 bits per heavy atom. The molecule has 0 aromatic heterocycles. The van der Waals surface area contributed by atoms with Gasteiger partial charge in [0.15, 0.2) is 0 Å². The summed E-state index contributed by atoms with van der Waals surface area (Å²) in [5.41, 5.74) is 1.49. The summed E-state index contributed by atoms with van der Waals surface area (Å²) in [6.45, 7) is 1.61. The zero-order valence-electron chi connectivity index (χ0n) is 10.5. The summed E-state index contributed by atoms with van der Waals surface area (Å²) in [5, 5.41) is 0. The van der Waals surface area contributed by atoms with Crippen LogP contribution in [0.2, 0.25) is 0 Å². The van der Waals surface area contributed by atoms with Crippen LogP contribution in [0.5, 0.6) is 0 Å². The summed E-state index contributed by atoms with van der Waals surface area (Å²) in [5.74, 6) is -0.446. The van der Waals surface area contributed by atoms with Crippen molar-refractivity contribution in [3.8, 4) is 0 Å². The summed E-state index contributed by atoms with van der Waals surface area (Å²) in [7, 11) is 0. The van der Waals surface area contributed by atoms with Crippen LogP contribution in [0, 0.1) is 0 Å². The van der Waals surface area contributed by atoms with E-state index in [0.717, 1.165) is 12.0 Å². The van der Waals surface area contributed by atoms with Gasteiger partial charge in [0.25, 0.3) is 0 Å². The van der Waals surface area contributed by atoms with Crippen LogP contribution in [0.15, 0.2) is 36.1 Å². The Bertz CT molecular complexity index is 492. The molecule has 0 amide bonds. The normalized spacial score (nSPS) is 17.7. The van der Waals surface area contributed by atoms with Crippen molar-refractivity contribution < 1.29 is 23.0 Å². The molecule has 0 fully saturated rings. The zero-order valence-corrected chi connectivity index (χ0v) is 10.5. The van der Waals surface area contributed by atoms with Crippen LogP contribution in [-0.4, -0.2) is 18.7 Å². The lowest BCUT2D eigenvalue weighted by atomic mass is 10.1. The molecule has 5 heteroatoms. The number of hydrogen-bond acceptors (Lipinski definition) is 3. The lowest BCUT2D eigenvalue weighted by molar-refractivity contribution is -0.239. The third-order valence-electron chi connectivity index (χ3n) is 2.81. The van der Waals surface area contributed by atoms with Gasteiger partial charge in [0.1, 0.15) is 12.4 Å².